The molecule has 156 valence electrons. The lowest BCUT2D eigenvalue weighted by Gasteiger charge is -2.33. The maximum absolute atomic E-state index is 10.5. The number of benzene rings is 1. The summed E-state index contributed by atoms with van der Waals surface area (Å²) in [5, 5.41) is 10.5. The second-order valence-electron chi connectivity index (χ2n) is 8.08. The van der Waals surface area contributed by atoms with E-state index in [0.29, 0.717) is 13.2 Å². The van der Waals surface area contributed by atoms with Gasteiger partial charge in [-0.2, -0.15) is 0 Å². The van der Waals surface area contributed by atoms with Gasteiger partial charge in [0, 0.05) is 64.0 Å². The van der Waals surface area contributed by atoms with E-state index in [1.165, 1.54) is 5.57 Å². The number of ether oxygens (including phenoxy) is 2. The van der Waals surface area contributed by atoms with Crippen molar-refractivity contribution in [2.45, 2.75) is 26.0 Å². The molecular formula is C22H35N3O3. The molecule has 0 amide bonds. The fraction of sp³-hybridized carbons (Fsp3) is 0.636. The number of hydrogen-bond donors (Lipinski definition) is 1. The van der Waals surface area contributed by atoms with Crippen LogP contribution in [0, 0.1) is 0 Å². The summed E-state index contributed by atoms with van der Waals surface area (Å²) < 4.78 is 11.4. The Morgan fingerprint density at radius 3 is 2.57 bits per heavy atom. The van der Waals surface area contributed by atoms with Crippen molar-refractivity contribution in [1.82, 2.24) is 14.7 Å². The van der Waals surface area contributed by atoms with Gasteiger partial charge in [-0.25, -0.2) is 0 Å². The fourth-order valence-corrected chi connectivity index (χ4v) is 3.69. The fourth-order valence-electron chi connectivity index (χ4n) is 3.69. The van der Waals surface area contributed by atoms with Crippen LogP contribution < -0.4 is 9.47 Å². The van der Waals surface area contributed by atoms with E-state index in [0.717, 1.165) is 69.3 Å². The van der Waals surface area contributed by atoms with Gasteiger partial charge in [0.25, 0.3) is 0 Å². The molecule has 0 radical (unpaired) electrons. The van der Waals surface area contributed by atoms with Crippen LogP contribution in [0.3, 0.4) is 0 Å². The number of hydrogen-bond acceptors (Lipinski definition) is 6. The topological polar surface area (TPSA) is 48.4 Å². The quantitative estimate of drug-likeness (QED) is 0.685. The Kier molecular flexibility index (Phi) is 7.73. The molecular weight excluding hydrogens is 354 g/mol. The molecule has 0 spiro atoms. The molecule has 1 aromatic rings. The minimum absolute atomic E-state index is 0.297. The molecule has 0 bridgehead atoms. The van der Waals surface area contributed by atoms with Gasteiger partial charge in [-0.3, -0.25) is 9.80 Å². The Morgan fingerprint density at radius 2 is 1.89 bits per heavy atom. The SMILES string of the molecule is COc1ccc(CN2CC=C(C)CC2)c(OCC(O)CN2CCN(C)CC2)c1. The van der Waals surface area contributed by atoms with E-state index >= 15 is 0 Å². The highest BCUT2D eigenvalue weighted by Crippen LogP contribution is 2.27. The monoisotopic (exact) mass is 389 g/mol. The third-order valence-corrected chi connectivity index (χ3v) is 5.68. The number of β-amino-alcohol motifs (C(OH)–C–C–N with tert-alkyl or cyclic N) is 1. The average molecular weight is 390 g/mol. The van der Waals surface area contributed by atoms with E-state index in [1.807, 2.05) is 12.1 Å². The van der Waals surface area contributed by atoms with Gasteiger partial charge < -0.3 is 19.5 Å². The third kappa shape index (κ3) is 6.21. The third-order valence-electron chi connectivity index (χ3n) is 5.68. The lowest BCUT2D eigenvalue weighted by Crippen LogP contribution is -2.47. The highest BCUT2D eigenvalue weighted by molar-refractivity contribution is 5.41. The van der Waals surface area contributed by atoms with E-state index in [-0.39, 0.29) is 0 Å². The highest BCUT2D eigenvalue weighted by atomic mass is 16.5. The minimum atomic E-state index is -0.497. The second kappa shape index (κ2) is 10.3. The first kappa shape index (κ1) is 21.1. The maximum atomic E-state index is 10.5. The van der Waals surface area contributed by atoms with Crippen LogP contribution in [0.25, 0.3) is 0 Å². The van der Waals surface area contributed by atoms with E-state index < -0.39 is 6.10 Å². The van der Waals surface area contributed by atoms with E-state index in [9.17, 15) is 5.11 Å². The zero-order valence-electron chi connectivity index (χ0n) is 17.6. The van der Waals surface area contributed by atoms with Crippen molar-refractivity contribution in [2.75, 3.05) is 66.6 Å². The van der Waals surface area contributed by atoms with Gasteiger partial charge in [0.1, 0.15) is 24.2 Å². The average Bonchev–Trinajstić information content (AvgIpc) is 2.70. The van der Waals surface area contributed by atoms with E-state index in [2.05, 4.69) is 40.8 Å². The van der Waals surface area contributed by atoms with Crippen LogP contribution >= 0.6 is 0 Å². The summed E-state index contributed by atoms with van der Waals surface area (Å²) in [7, 11) is 3.81. The lowest BCUT2D eigenvalue weighted by molar-refractivity contribution is 0.0499. The largest absolute Gasteiger partial charge is 0.497 e. The molecule has 0 aliphatic carbocycles. The summed E-state index contributed by atoms with van der Waals surface area (Å²) >= 11 is 0. The molecule has 2 aliphatic heterocycles. The molecule has 1 atom stereocenters. The van der Waals surface area contributed by atoms with Crippen molar-refractivity contribution in [3.05, 3.63) is 35.4 Å². The predicted molar refractivity (Wildman–Crippen MR) is 112 cm³/mol. The molecule has 1 N–H and O–H groups in total. The van der Waals surface area contributed by atoms with Crippen molar-refractivity contribution >= 4 is 0 Å². The van der Waals surface area contributed by atoms with Crippen LogP contribution in [-0.2, 0) is 6.54 Å². The Labute approximate surface area is 169 Å². The van der Waals surface area contributed by atoms with Crippen LogP contribution in [0.5, 0.6) is 11.5 Å². The highest BCUT2D eigenvalue weighted by Gasteiger charge is 2.19. The number of rotatable bonds is 8. The summed E-state index contributed by atoms with van der Waals surface area (Å²) in [4.78, 5) is 7.05. The molecule has 1 unspecified atom stereocenters. The summed E-state index contributed by atoms with van der Waals surface area (Å²) in [5.41, 5.74) is 2.61. The van der Waals surface area contributed by atoms with Crippen molar-refractivity contribution in [1.29, 1.82) is 0 Å². The van der Waals surface area contributed by atoms with Crippen molar-refractivity contribution < 1.29 is 14.6 Å². The zero-order chi connectivity index (χ0) is 19.9. The molecule has 1 aromatic carbocycles. The van der Waals surface area contributed by atoms with Gasteiger partial charge in [0.15, 0.2) is 0 Å². The Balaban J connectivity index is 1.56. The molecule has 6 heteroatoms. The molecule has 3 rings (SSSR count). The molecule has 2 heterocycles. The van der Waals surface area contributed by atoms with Gasteiger partial charge in [0.05, 0.1) is 7.11 Å². The molecule has 0 aromatic heterocycles. The van der Waals surface area contributed by atoms with Crippen molar-refractivity contribution in [3.8, 4) is 11.5 Å². The summed E-state index contributed by atoms with van der Waals surface area (Å²) in [6.07, 6.45) is 2.92. The van der Waals surface area contributed by atoms with Gasteiger partial charge in [-0.15, -0.1) is 0 Å². The number of aliphatic hydroxyl groups is 1. The van der Waals surface area contributed by atoms with Gasteiger partial charge in [-0.1, -0.05) is 17.7 Å². The Bertz CT molecular complexity index is 656. The first-order valence-corrected chi connectivity index (χ1v) is 10.3. The van der Waals surface area contributed by atoms with Crippen LogP contribution in [0.15, 0.2) is 29.8 Å². The van der Waals surface area contributed by atoms with E-state index in [4.69, 9.17) is 9.47 Å². The number of aliphatic hydroxyl groups excluding tert-OH is 1. The number of piperazine rings is 1. The number of likely N-dealkylation sites (N-methyl/N-ethyl adjacent to an activating group) is 1. The predicted octanol–water partition coefficient (Wildman–Crippen LogP) is 1.83. The second-order valence-corrected chi connectivity index (χ2v) is 8.08. The van der Waals surface area contributed by atoms with Gasteiger partial charge in [0.2, 0.25) is 0 Å². The first-order valence-electron chi connectivity index (χ1n) is 10.3. The molecule has 2 aliphatic rings. The van der Waals surface area contributed by atoms with Gasteiger partial charge >= 0.3 is 0 Å². The normalized spacial score (nSPS) is 20.6. The minimum Gasteiger partial charge on any atom is -0.497 e. The van der Waals surface area contributed by atoms with Crippen LogP contribution in [0.4, 0.5) is 0 Å². The molecule has 1 saturated heterocycles. The van der Waals surface area contributed by atoms with Crippen molar-refractivity contribution in [2.24, 2.45) is 0 Å². The molecule has 6 nitrogen and oxygen atoms in total. The van der Waals surface area contributed by atoms with E-state index in [1.54, 1.807) is 7.11 Å². The lowest BCUT2D eigenvalue weighted by atomic mass is 10.1. The zero-order valence-corrected chi connectivity index (χ0v) is 17.6. The smallest absolute Gasteiger partial charge is 0.127 e. The Morgan fingerprint density at radius 1 is 1.11 bits per heavy atom. The van der Waals surface area contributed by atoms with Crippen LogP contribution in [0.2, 0.25) is 0 Å². The van der Waals surface area contributed by atoms with Gasteiger partial charge in [-0.05, 0) is 26.5 Å². The molecule has 0 saturated carbocycles. The van der Waals surface area contributed by atoms with Crippen molar-refractivity contribution in [3.63, 3.8) is 0 Å². The molecule has 1 fully saturated rings. The van der Waals surface area contributed by atoms with Crippen LogP contribution in [-0.4, -0.2) is 92.5 Å². The Hall–Kier alpha value is -1.60. The van der Waals surface area contributed by atoms with Crippen LogP contribution in [0.1, 0.15) is 18.9 Å². The molecule has 28 heavy (non-hydrogen) atoms. The summed E-state index contributed by atoms with van der Waals surface area (Å²) in [5.74, 6) is 1.59. The first-order chi connectivity index (χ1) is 13.5. The standard InChI is InChI=1S/C22H35N3O3/c1-18-6-8-24(9-7-18)15-19-4-5-21(27-3)14-22(19)28-17-20(26)16-25-12-10-23(2)11-13-25/h4-6,14,20,26H,7-13,15-17H2,1-3H3. The number of nitrogens with zero attached hydrogens (tertiary/aromatic N) is 3. The number of methoxy groups -OCH3 is 1. The maximum Gasteiger partial charge on any atom is 0.127 e. The summed E-state index contributed by atoms with van der Waals surface area (Å²) in [6, 6.07) is 5.99. The summed E-state index contributed by atoms with van der Waals surface area (Å²) in [6.45, 7) is 10.1.